The lowest BCUT2D eigenvalue weighted by molar-refractivity contribution is 0.476. The number of fused-ring (bicyclic) bond motifs is 3. The fourth-order valence-electron chi connectivity index (χ4n) is 3.61. The molecule has 3 heterocycles. The van der Waals surface area contributed by atoms with Crippen molar-refractivity contribution in [1.82, 2.24) is 14.5 Å². The summed E-state index contributed by atoms with van der Waals surface area (Å²) in [7, 11) is 0. The molecule has 4 aromatic rings. The van der Waals surface area contributed by atoms with E-state index in [1.165, 1.54) is 5.56 Å². The van der Waals surface area contributed by atoms with Gasteiger partial charge in [-0.3, -0.25) is 9.55 Å². The normalized spacial score (nSPS) is 12.2. The maximum Gasteiger partial charge on any atom is 0.137 e. The molecule has 0 aliphatic heterocycles. The van der Waals surface area contributed by atoms with Crippen LogP contribution in [0.15, 0.2) is 42.6 Å². The van der Waals surface area contributed by atoms with E-state index in [2.05, 4.69) is 53.5 Å². The number of phenols is 1. The Morgan fingerprint density at radius 2 is 1.73 bits per heavy atom. The molecule has 0 atom stereocenters. The van der Waals surface area contributed by atoms with Crippen LogP contribution in [0, 0.1) is 13.8 Å². The first kappa shape index (κ1) is 16.6. The second-order valence-electron chi connectivity index (χ2n) is 7.93. The molecule has 0 radical (unpaired) electrons. The van der Waals surface area contributed by atoms with Gasteiger partial charge in [0.25, 0.3) is 0 Å². The number of aryl methyl sites for hydroxylation is 2. The molecule has 4 nitrogen and oxygen atoms in total. The molecule has 132 valence electrons. The molecule has 0 saturated carbocycles. The summed E-state index contributed by atoms with van der Waals surface area (Å²) in [4.78, 5) is 9.31. The predicted molar refractivity (Wildman–Crippen MR) is 106 cm³/mol. The van der Waals surface area contributed by atoms with E-state index in [0.29, 0.717) is 0 Å². The van der Waals surface area contributed by atoms with Gasteiger partial charge in [0.1, 0.15) is 11.6 Å². The summed E-state index contributed by atoms with van der Waals surface area (Å²) in [5.74, 6) is 1.09. The SMILES string of the molecule is Cc1cc2c3ccc(O)cc3n(-c3cc(C(C)(C)C)ccn3)c2c(C)n1. The van der Waals surface area contributed by atoms with E-state index in [4.69, 9.17) is 0 Å². The fraction of sp³-hybridized carbons (Fsp3) is 0.273. The Labute approximate surface area is 153 Å². The standard InChI is InChI=1S/C22H23N3O/c1-13-10-18-17-7-6-16(26)12-19(17)25(21(18)14(2)24-13)20-11-15(8-9-23-20)22(3,4)5/h6-12,26H,1-5H3. The summed E-state index contributed by atoms with van der Waals surface area (Å²) < 4.78 is 2.11. The summed E-state index contributed by atoms with van der Waals surface area (Å²) in [5.41, 5.74) is 5.17. The third-order valence-corrected chi connectivity index (χ3v) is 4.87. The zero-order chi connectivity index (χ0) is 18.6. The van der Waals surface area contributed by atoms with E-state index >= 15 is 0 Å². The van der Waals surface area contributed by atoms with Gasteiger partial charge in [-0.15, -0.1) is 0 Å². The van der Waals surface area contributed by atoms with Crippen LogP contribution < -0.4 is 0 Å². The van der Waals surface area contributed by atoms with Gasteiger partial charge >= 0.3 is 0 Å². The van der Waals surface area contributed by atoms with Gasteiger partial charge in [0.05, 0.1) is 16.7 Å². The van der Waals surface area contributed by atoms with E-state index < -0.39 is 0 Å². The van der Waals surface area contributed by atoms with Crippen LogP contribution in [0.3, 0.4) is 0 Å². The molecule has 26 heavy (non-hydrogen) atoms. The van der Waals surface area contributed by atoms with E-state index in [0.717, 1.165) is 39.0 Å². The first-order valence-electron chi connectivity index (χ1n) is 8.84. The molecule has 1 aromatic carbocycles. The summed E-state index contributed by atoms with van der Waals surface area (Å²) in [6, 6.07) is 11.8. The maximum atomic E-state index is 10.1. The van der Waals surface area contributed by atoms with Crippen LogP contribution >= 0.6 is 0 Å². The molecule has 0 fully saturated rings. The minimum atomic E-state index is 0.0302. The molecular weight excluding hydrogens is 322 g/mol. The van der Waals surface area contributed by atoms with E-state index in [9.17, 15) is 5.11 Å². The van der Waals surface area contributed by atoms with E-state index in [1.54, 1.807) is 12.1 Å². The van der Waals surface area contributed by atoms with Crippen molar-refractivity contribution >= 4 is 21.8 Å². The lowest BCUT2D eigenvalue weighted by Gasteiger charge is -2.20. The molecule has 0 bridgehead atoms. The van der Waals surface area contributed by atoms with Gasteiger partial charge in [-0.2, -0.15) is 0 Å². The van der Waals surface area contributed by atoms with Crippen molar-refractivity contribution in [2.45, 2.75) is 40.0 Å². The second-order valence-corrected chi connectivity index (χ2v) is 7.93. The van der Waals surface area contributed by atoms with Crippen molar-refractivity contribution in [3.8, 4) is 11.6 Å². The predicted octanol–water partition coefficient (Wildman–Crippen LogP) is 5.19. The van der Waals surface area contributed by atoms with E-state index in [-0.39, 0.29) is 11.2 Å². The number of pyridine rings is 2. The van der Waals surface area contributed by atoms with Crippen molar-refractivity contribution in [3.05, 3.63) is 59.5 Å². The third-order valence-electron chi connectivity index (χ3n) is 4.87. The van der Waals surface area contributed by atoms with Crippen molar-refractivity contribution in [2.75, 3.05) is 0 Å². The zero-order valence-corrected chi connectivity index (χ0v) is 15.8. The molecule has 0 saturated heterocycles. The number of rotatable bonds is 1. The van der Waals surface area contributed by atoms with Crippen LogP contribution in [0.1, 0.15) is 37.7 Å². The maximum absolute atomic E-state index is 10.1. The summed E-state index contributed by atoms with van der Waals surface area (Å²) in [5, 5.41) is 12.3. The van der Waals surface area contributed by atoms with Crippen LogP contribution in [-0.2, 0) is 5.41 Å². The van der Waals surface area contributed by atoms with Gasteiger partial charge in [0.15, 0.2) is 0 Å². The monoisotopic (exact) mass is 345 g/mol. The van der Waals surface area contributed by atoms with Gasteiger partial charge < -0.3 is 5.11 Å². The van der Waals surface area contributed by atoms with Crippen molar-refractivity contribution < 1.29 is 5.11 Å². The summed E-state index contributed by atoms with van der Waals surface area (Å²) in [6.07, 6.45) is 1.85. The van der Waals surface area contributed by atoms with Crippen LogP contribution in [0.4, 0.5) is 0 Å². The fourth-order valence-corrected chi connectivity index (χ4v) is 3.61. The van der Waals surface area contributed by atoms with Gasteiger partial charge in [-0.1, -0.05) is 20.8 Å². The number of benzene rings is 1. The first-order valence-corrected chi connectivity index (χ1v) is 8.84. The number of hydrogen-bond donors (Lipinski definition) is 1. The molecule has 1 N–H and O–H groups in total. The molecule has 0 unspecified atom stereocenters. The molecule has 4 heteroatoms. The number of nitrogens with zero attached hydrogens (tertiary/aromatic N) is 3. The smallest absolute Gasteiger partial charge is 0.137 e. The topological polar surface area (TPSA) is 50.9 Å². The average Bonchev–Trinajstić information content (AvgIpc) is 2.88. The van der Waals surface area contributed by atoms with Crippen molar-refractivity contribution in [2.24, 2.45) is 0 Å². The van der Waals surface area contributed by atoms with Crippen LogP contribution in [0.2, 0.25) is 0 Å². The zero-order valence-electron chi connectivity index (χ0n) is 15.8. The second kappa shape index (κ2) is 5.56. The number of aromatic hydroxyl groups is 1. The number of aromatic nitrogens is 3. The highest BCUT2D eigenvalue weighted by atomic mass is 16.3. The molecule has 0 spiro atoms. The van der Waals surface area contributed by atoms with Gasteiger partial charge in [0, 0.05) is 28.7 Å². The van der Waals surface area contributed by atoms with Crippen molar-refractivity contribution in [1.29, 1.82) is 0 Å². The van der Waals surface area contributed by atoms with Crippen LogP contribution in [-0.4, -0.2) is 19.6 Å². The Bertz CT molecular complexity index is 1150. The third kappa shape index (κ3) is 2.53. The molecule has 0 aliphatic rings. The molecular formula is C22H23N3O. The van der Waals surface area contributed by atoms with Gasteiger partial charge in [-0.25, -0.2) is 4.98 Å². The number of phenolic OH excluding ortho intramolecular Hbond substituents is 1. The molecule has 0 amide bonds. The number of hydrogen-bond acceptors (Lipinski definition) is 3. The average molecular weight is 345 g/mol. The highest BCUT2D eigenvalue weighted by molar-refractivity contribution is 6.10. The van der Waals surface area contributed by atoms with Crippen molar-refractivity contribution in [3.63, 3.8) is 0 Å². The molecule has 4 rings (SSSR count). The molecule has 3 aromatic heterocycles. The highest BCUT2D eigenvalue weighted by Gasteiger charge is 2.19. The lowest BCUT2D eigenvalue weighted by Crippen LogP contribution is -2.12. The van der Waals surface area contributed by atoms with Crippen LogP contribution in [0.5, 0.6) is 5.75 Å². The summed E-state index contributed by atoms with van der Waals surface area (Å²) >= 11 is 0. The minimum absolute atomic E-state index is 0.0302. The Kier molecular flexibility index (Phi) is 3.55. The highest BCUT2D eigenvalue weighted by Crippen LogP contribution is 2.35. The van der Waals surface area contributed by atoms with Gasteiger partial charge in [-0.05, 0) is 55.2 Å². The Morgan fingerprint density at radius 3 is 2.46 bits per heavy atom. The quantitative estimate of drug-likeness (QED) is 0.516. The Hall–Kier alpha value is -2.88. The lowest BCUT2D eigenvalue weighted by atomic mass is 9.88. The molecule has 0 aliphatic carbocycles. The van der Waals surface area contributed by atoms with Gasteiger partial charge in [0.2, 0.25) is 0 Å². The van der Waals surface area contributed by atoms with E-state index in [1.807, 2.05) is 26.1 Å². The Morgan fingerprint density at radius 1 is 0.962 bits per heavy atom. The summed E-state index contributed by atoms with van der Waals surface area (Å²) in [6.45, 7) is 10.6. The minimum Gasteiger partial charge on any atom is -0.508 e. The first-order chi connectivity index (χ1) is 12.3. The Balaban J connectivity index is 2.16. The van der Waals surface area contributed by atoms with Crippen LogP contribution in [0.25, 0.3) is 27.6 Å². The largest absolute Gasteiger partial charge is 0.508 e.